The Hall–Kier alpha value is -2.34. The largest absolute Gasteiger partial charge is 0.333 e. The summed E-state index contributed by atoms with van der Waals surface area (Å²) in [4.78, 5) is 32.3. The van der Waals surface area contributed by atoms with E-state index >= 15 is 0 Å². The van der Waals surface area contributed by atoms with Gasteiger partial charge in [0, 0.05) is 26.2 Å². The van der Waals surface area contributed by atoms with E-state index in [0.717, 1.165) is 41.9 Å². The van der Waals surface area contributed by atoms with E-state index in [1.54, 1.807) is 11.9 Å². The van der Waals surface area contributed by atoms with Crippen molar-refractivity contribution >= 4 is 11.9 Å². The average Bonchev–Trinajstić information content (AvgIpc) is 3.06. The highest BCUT2D eigenvalue weighted by Crippen LogP contribution is 2.37. The summed E-state index contributed by atoms with van der Waals surface area (Å²) >= 11 is 0. The van der Waals surface area contributed by atoms with E-state index in [1.165, 1.54) is 36.9 Å². The maximum atomic E-state index is 13.5. The summed E-state index contributed by atoms with van der Waals surface area (Å²) in [5.74, 6) is 0.0659. The molecule has 6 heteroatoms. The highest BCUT2D eigenvalue weighted by atomic mass is 16.2. The molecule has 1 aromatic carbocycles. The number of nitrogens with one attached hydrogen (secondary N) is 1. The summed E-state index contributed by atoms with van der Waals surface area (Å²) in [5, 5.41) is 3.08. The van der Waals surface area contributed by atoms with Gasteiger partial charge in [0.2, 0.25) is 0 Å². The lowest BCUT2D eigenvalue weighted by Crippen LogP contribution is -2.45. The number of aryl methyl sites for hydroxylation is 3. The fraction of sp³-hybridized carbons (Fsp3) is 0.600. The van der Waals surface area contributed by atoms with Crippen LogP contribution in [0.4, 0.5) is 4.79 Å². The van der Waals surface area contributed by atoms with Crippen LogP contribution in [0, 0.1) is 20.8 Å². The monoisotopic (exact) mass is 424 g/mol. The standard InChI is InChI=1S/C25H36N4O2/c1-16-13-18(3)20(14-17(16)2)23-22-21(27(5)25(31)26-23)15-29(24(22)30)12-8-11-28-10-7-6-9-19(28)4/h13-14,19,23H,6-12,15H2,1-5H3,(H,26,31)/t19-,23+/m0/s1. The Bertz CT molecular complexity index is 922. The highest BCUT2D eigenvalue weighted by molar-refractivity contribution is 6.01. The Morgan fingerprint density at radius 2 is 1.77 bits per heavy atom. The Morgan fingerprint density at radius 3 is 2.52 bits per heavy atom. The molecule has 31 heavy (non-hydrogen) atoms. The van der Waals surface area contributed by atoms with Crippen molar-refractivity contribution in [1.29, 1.82) is 0 Å². The molecule has 1 N–H and O–H groups in total. The number of hydrogen-bond acceptors (Lipinski definition) is 3. The van der Waals surface area contributed by atoms with E-state index < -0.39 is 0 Å². The minimum absolute atomic E-state index is 0.0659. The molecule has 0 bridgehead atoms. The molecule has 1 fully saturated rings. The van der Waals surface area contributed by atoms with Crippen LogP contribution in [0.3, 0.4) is 0 Å². The summed E-state index contributed by atoms with van der Waals surface area (Å²) in [5.41, 5.74) is 6.11. The topological polar surface area (TPSA) is 55.9 Å². The molecule has 0 spiro atoms. The molecule has 168 valence electrons. The summed E-state index contributed by atoms with van der Waals surface area (Å²) in [7, 11) is 1.76. The number of carbonyl (C=O) groups is 2. The van der Waals surface area contributed by atoms with E-state index in [0.29, 0.717) is 12.6 Å². The van der Waals surface area contributed by atoms with E-state index in [1.807, 2.05) is 4.90 Å². The van der Waals surface area contributed by atoms with Crippen LogP contribution in [0.1, 0.15) is 60.9 Å². The van der Waals surface area contributed by atoms with Crippen LogP contribution in [0.25, 0.3) is 0 Å². The number of nitrogens with zero attached hydrogens (tertiary/aromatic N) is 3. The van der Waals surface area contributed by atoms with Crippen molar-refractivity contribution in [3.05, 3.63) is 45.7 Å². The van der Waals surface area contributed by atoms with Crippen molar-refractivity contribution in [2.24, 2.45) is 0 Å². The molecule has 0 unspecified atom stereocenters. The first-order valence-corrected chi connectivity index (χ1v) is 11.7. The lowest BCUT2D eigenvalue weighted by atomic mass is 9.90. The van der Waals surface area contributed by atoms with Gasteiger partial charge in [-0.1, -0.05) is 18.6 Å². The molecule has 3 heterocycles. The number of piperidine rings is 1. The van der Waals surface area contributed by atoms with Crippen LogP contribution in [-0.2, 0) is 4.79 Å². The number of carbonyl (C=O) groups excluding carboxylic acids is 2. The van der Waals surface area contributed by atoms with Gasteiger partial charge in [-0.05, 0) is 75.8 Å². The first-order chi connectivity index (χ1) is 14.8. The number of benzene rings is 1. The van der Waals surface area contributed by atoms with Crippen LogP contribution in [0.15, 0.2) is 23.4 Å². The Morgan fingerprint density at radius 1 is 1.03 bits per heavy atom. The van der Waals surface area contributed by atoms with Gasteiger partial charge >= 0.3 is 6.03 Å². The number of amides is 3. The summed E-state index contributed by atoms with van der Waals surface area (Å²) in [6.45, 7) is 12.0. The van der Waals surface area contributed by atoms with Gasteiger partial charge in [0.15, 0.2) is 0 Å². The molecule has 3 aliphatic heterocycles. The zero-order valence-corrected chi connectivity index (χ0v) is 19.6. The number of rotatable bonds is 5. The molecule has 3 aliphatic rings. The predicted octanol–water partition coefficient (Wildman–Crippen LogP) is 3.67. The van der Waals surface area contributed by atoms with Gasteiger partial charge in [0.1, 0.15) is 0 Å². The molecule has 0 saturated carbocycles. The van der Waals surface area contributed by atoms with Crippen LogP contribution in [-0.4, -0.2) is 65.9 Å². The molecule has 1 aromatic rings. The minimum atomic E-state index is -0.377. The molecule has 0 aliphatic carbocycles. The van der Waals surface area contributed by atoms with Gasteiger partial charge in [-0.15, -0.1) is 0 Å². The number of hydrogen-bond donors (Lipinski definition) is 1. The zero-order valence-electron chi connectivity index (χ0n) is 19.6. The molecule has 1 saturated heterocycles. The second-order valence-corrected chi connectivity index (χ2v) is 9.56. The lowest BCUT2D eigenvalue weighted by molar-refractivity contribution is -0.125. The molecule has 0 radical (unpaired) electrons. The van der Waals surface area contributed by atoms with Gasteiger partial charge in [-0.25, -0.2) is 4.79 Å². The van der Waals surface area contributed by atoms with Crippen LogP contribution < -0.4 is 5.32 Å². The number of likely N-dealkylation sites (N-methyl/N-ethyl adjacent to an activating group) is 1. The van der Waals surface area contributed by atoms with Crippen molar-refractivity contribution in [2.75, 3.05) is 33.2 Å². The van der Waals surface area contributed by atoms with Gasteiger partial charge in [-0.2, -0.15) is 0 Å². The molecule has 6 nitrogen and oxygen atoms in total. The fourth-order valence-corrected chi connectivity index (χ4v) is 5.29. The Balaban J connectivity index is 1.52. The predicted molar refractivity (Wildman–Crippen MR) is 123 cm³/mol. The second kappa shape index (κ2) is 8.65. The Labute approximate surface area is 186 Å². The maximum Gasteiger partial charge on any atom is 0.322 e. The Kier molecular flexibility index (Phi) is 6.11. The summed E-state index contributed by atoms with van der Waals surface area (Å²) in [6.07, 6.45) is 4.84. The SMILES string of the molecule is Cc1cc(C)c([C@H]2NC(=O)N(C)C3=C2C(=O)N(CCCN2CCCC[C@@H]2C)C3)cc1C. The highest BCUT2D eigenvalue weighted by Gasteiger charge is 2.43. The van der Waals surface area contributed by atoms with Gasteiger partial charge in [0.05, 0.1) is 23.9 Å². The number of likely N-dealkylation sites (tertiary alicyclic amines) is 1. The minimum Gasteiger partial charge on any atom is -0.333 e. The molecular formula is C25H36N4O2. The molecular weight excluding hydrogens is 388 g/mol. The summed E-state index contributed by atoms with van der Waals surface area (Å²) < 4.78 is 0. The van der Waals surface area contributed by atoms with E-state index in [9.17, 15) is 9.59 Å². The van der Waals surface area contributed by atoms with Crippen molar-refractivity contribution in [3.63, 3.8) is 0 Å². The quantitative estimate of drug-likeness (QED) is 0.785. The second-order valence-electron chi connectivity index (χ2n) is 9.56. The van der Waals surface area contributed by atoms with Crippen molar-refractivity contribution in [1.82, 2.24) is 20.0 Å². The van der Waals surface area contributed by atoms with Crippen molar-refractivity contribution in [3.8, 4) is 0 Å². The zero-order chi connectivity index (χ0) is 22.3. The van der Waals surface area contributed by atoms with Crippen molar-refractivity contribution < 1.29 is 9.59 Å². The van der Waals surface area contributed by atoms with Gasteiger partial charge in [-0.3, -0.25) is 9.69 Å². The van der Waals surface area contributed by atoms with Crippen LogP contribution in [0.5, 0.6) is 0 Å². The third-order valence-corrected chi connectivity index (χ3v) is 7.44. The van der Waals surface area contributed by atoms with E-state index in [-0.39, 0.29) is 18.0 Å². The average molecular weight is 425 g/mol. The first kappa shape index (κ1) is 21.9. The normalized spacial score (nSPS) is 24.7. The fourth-order valence-electron chi connectivity index (χ4n) is 5.29. The number of urea groups is 1. The van der Waals surface area contributed by atoms with Gasteiger partial charge < -0.3 is 15.1 Å². The third-order valence-electron chi connectivity index (χ3n) is 7.44. The smallest absolute Gasteiger partial charge is 0.322 e. The van der Waals surface area contributed by atoms with E-state index in [2.05, 4.69) is 50.0 Å². The van der Waals surface area contributed by atoms with Crippen molar-refractivity contribution in [2.45, 2.75) is 65.5 Å². The van der Waals surface area contributed by atoms with E-state index in [4.69, 9.17) is 0 Å². The van der Waals surface area contributed by atoms with Crippen LogP contribution in [0.2, 0.25) is 0 Å². The molecule has 4 rings (SSSR count). The molecule has 3 amide bonds. The summed E-state index contributed by atoms with van der Waals surface area (Å²) in [6, 6.07) is 4.39. The maximum absolute atomic E-state index is 13.5. The molecule has 0 aromatic heterocycles. The van der Waals surface area contributed by atoms with Crippen LogP contribution >= 0.6 is 0 Å². The molecule has 2 atom stereocenters. The lowest BCUT2D eigenvalue weighted by Gasteiger charge is -2.33. The van der Waals surface area contributed by atoms with Gasteiger partial charge in [0.25, 0.3) is 5.91 Å². The third kappa shape index (κ3) is 4.10. The first-order valence-electron chi connectivity index (χ1n) is 11.7.